The zero-order valence-electron chi connectivity index (χ0n) is 23.7. The average Bonchev–Trinajstić information content (AvgIpc) is 3.09. The van der Waals surface area contributed by atoms with Gasteiger partial charge in [-0.05, 0) is 79.5 Å². The third kappa shape index (κ3) is 4.52. The van der Waals surface area contributed by atoms with Crippen LogP contribution < -0.4 is 4.90 Å². The van der Waals surface area contributed by atoms with Gasteiger partial charge in [0.25, 0.3) is 0 Å². The third-order valence-electron chi connectivity index (χ3n) is 8.43. The maximum atomic E-state index is 2.39. The van der Waals surface area contributed by atoms with Crippen molar-refractivity contribution < 1.29 is 0 Å². The van der Waals surface area contributed by atoms with Gasteiger partial charge >= 0.3 is 0 Å². The summed E-state index contributed by atoms with van der Waals surface area (Å²) >= 11 is 0. The molecule has 1 nitrogen and oxygen atoms in total. The summed E-state index contributed by atoms with van der Waals surface area (Å²) in [5.41, 5.74) is 8.30. The molecule has 0 spiro atoms. The second kappa shape index (κ2) is 10.6. The summed E-state index contributed by atoms with van der Waals surface area (Å²) in [4.78, 5) is 2.39. The van der Waals surface area contributed by atoms with Gasteiger partial charge in [-0.2, -0.15) is 0 Å². The predicted molar refractivity (Wildman–Crippen MR) is 185 cm³/mol. The molecule has 0 unspecified atom stereocenters. The van der Waals surface area contributed by atoms with Gasteiger partial charge in [-0.1, -0.05) is 146 Å². The highest BCUT2D eigenvalue weighted by atomic mass is 15.1. The lowest BCUT2D eigenvalue weighted by atomic mass is 9.94. The maximum absolute atomic E-state index is 2.39. The summed E-state index contributed by atoms with van der Waals surface area (Å²) in [6.07, 6.45) is 0. The molecule has 0 saturated carbocycles. The van der Waals surface area contributed by atoms with Crippen molar-refractivity contribution in [1.82, 2.24) is 0 Å². The summed E-state index contributed by atoms with van der Waals surface area (Å²) in [6.45, 7) is 0. The van der Waals surface area contributed by atoms with Gasteiger partial charge in [0.05, 0.1) is 5.69 Å². The molecule has 0 bridgehead atoms. The van der Waals surface area contributed by atoms with Crippen LogP contribution in [0.25, 0.3) is 54.6 Å². The number of hydrogen-bond donors (Lipinski definition) is 0. The predicted octanol–water partition coefficient (Wildman–Crippen LogP) is 11.9. The van der Waals surface area contributed by atoms with Crippen molar-refractivity contribution in [1.29, 1.82) is 0 Å². The van der Waals surface area contributed by atoms with Crippen molar-refractivity contribution in [2.45, 2.75) is 0 Å². The van der Waals surface area contributed by atoms with Gasteiger partial charge in [0.15, 0.2) is 0 Å². The summed E-state index contributed by atoms with van der Waals surface area (Å²) in [5, 5.41) is 7.60. The number of rotatable bonds is 5. The van der Waals surface area contributed by atoms with Crippen LogP contribution in [0.2, 0.25) is 0 Å². The van der Waals surface area contributed by atoms with E-state index >= 15 is 0 Å². The van der Waals surface area contributed by atoms with Gasteiger partial charge in [-0.3, -0.25) is 0 Å². The molecule has 0 aliphatic rings. The Balaban J connectivity index is 1.26. The van der Waals surface area contributed by atoms with Crippen molar-refractivity contribution in [3.05, 3.63) is 176 Å². The van der Waals surface area contributed by atoms with Crippen molar-refractivity contribution in [2.24, 2.45) is 0 Å². The second-order valence-electron chi connectivity index (χ2n) is 11.0. The molecule has 0 atom stereocenters. The Morgan fingerprint density at radius 2 is 0.767 bits per heavy atom. The van der Waals surface area contributed by atoms with Crippen LogP contribution in [0, 0.1) is 0 Å². The van der Waals surface area contributed by atoms with Crippen LogP contribution >= 0.6 is 0 Å². The molecule has 202 valence electrons. The van der Waals surface area contributed by atoms with E-state index in [-0.39, 0.29) is 0 Å². The summed E-state index contributed by atoms with van der Waals surface area (Å²) in [6, 6.07) is 63.4. The molecule has 0 amide bonds. The van der Waals surface area contributed by atoms with Crippen LogP contribution in [0.5, 0.6) is 0 Å². The molecule has 1 heteroatoms. The highest BCUT2D eigenvalue weighted by Gasteiger charge is 2.18. The zero-order valence-corrected chi connectivity index (χ0v) is 23.7. The maximum Gasteiger partial charge on any atom is 0.0546 e. The molecule has 0 aliphatic carbocycles. The normalized spacial score (nSPS) is 11.3. The van der Waals surface area contributed by atoms with E-state index in [4.69, 9.17) is 0 Å². The molecule has 0 radical (unpaired) electrons. The number of anilines is 3. The molecular formula is C42H29N. The van der Waals surface area contributed by atoms with E-state index in [9.17, 15) is 0 Å². The van der Waals surface area contributed by atoms with Gasteiger partial charge < -0.3 is 4.90 Å². The van der Waals surface area contributed by atoms with Crippen LogP contribution in [0.15, 0.2) is 176 Å². The standard InChI is InChI=1S/C42H29N/c1-3-11-30(12-4-1)31-19-21-32(22-20-31)33-25-27-37(28-26-33)43(36-14-5-2-6-15-36)41-29-35-24-23-34-13-7-8-16-38(34)42(35)40-18-10-9-17-39(40)41/h1-29H. The lowest BCUT2D eigenvalue weighted by Crippen LogP contribution is -2.10. The van der Waals surface area contributed by atoms with E-state index in [1.165, 1.54) is 60.3 Å². The minimum atomic E-state index is 1.13. The quantitative estimate of drug-likeness (QED) is 0.194. The Morgan fingerprint density at radius 3 is 1.44 bits per heavy atom. The molecule has 8 aromatic carbocycles. The largest absolute Gasteiger partial charge is 0.310 e. The number of nitrogens with zero attached hydrogens (tertiary/aromatic N) is 1. The van der Waals surface area contributed by atoms with E-state index in [2.05, 4.69) is 181 Å². The topological polar surface area (TPSA) is 3.24 Å². The van der Waals surface area contributed by atoms with E-state index < -0.39 is 0 Å². The smallest absolute Gasteiger partial charge is 0.0546 e. The second-order valence-corrected chi connectivity index (χ2v) is 11.0. The Morgan fingerprint density at radius 1 is 0.302 bits per heavy atom. The lowest BCUT2D eigenvalue weighted by molar-refractivity contribution is 1.30. The van der Waals surface area contributed by atoms with Gasteiger partial charge in [0.1, 0.15) is 0 Å². The van der Waals surface area contributed by atoms with Crippen LogP contribution in [0.1, 0.15) is 0 Å². The molecule has 0 aliphatic heterocycles. The summed E-state index contributed by atoms with van der Waals surface area (Å²) in [5.74, 6) is 0. The van der Waals surface area contributed by atoms with Crippen LogP contribution in [-0.2, 0) is 0 Å². The Bertz CT molecular complexity index is 2200. The molecular weight excluding hydrogens is 518 g/mol. The molecule has 0 heterocycles. The van der Waals surface area contributed by atoms with Gasteiger partial charge in [-0.15, -0.1) is 0 Å². The highest BCUT2D eigenvalue weighted by molar-refractivity contribution is 6.23. The van der Waals surface area contributed by atoms with Gasteiger partial charge in [0, 0.05) is 16.8 Å². The van der Waals surface area contributed by atoms with E-state index in [1.807, 2.05) is 0 Å². The Hall–Kier alpha value is -5.66. The first kappa shape index (κ1) is 25.1. The van der Waals surface area contributed by atoms with Crippen LogP contribution in [0.3, 0.4) is 0 Å². The average molecular weight is 548 g/mol. The van der Waals surface area contributed by atoms with E-state index in [1.54, 1.807) is 0 Å². The fourth-order valence-corrected chi connectivity index (χ4v) is 6.34. The van der Waals surface area contributed by atoms with E-state index in [0.717, 1.165) is 11.4 Å². The van der Waals surface area contributed by atoms with Gasteiger partial charge in [0.2, 0.25) is 0 Å². The zero-order chi connectivity index (χ0) is 28.6. The van der Waals surface area contributed by atoms with Crippen LogP contribution in [0.4, 0.5) is 17.1 Å². The fourth-order valence-electron chi connectivity index (χ4n) is 6.34. The van der Waals surface area contributed by atoms with Crippen molar-refractivity contribution in [3.8, 4) is 22.3 Å². The highest BCUT2D eigenvalue weighted by Crippen LogP contribution is 2.43. The third-order valence-corrected chi connectivity index (χ3v) is 8.43. The molecule has 0 aromatic heterocycles. The van der Waals surface area contributed by atoms with Gasteiger partial charge in [-0.25, -0.2) is 0 Å². The fraction of sp³-hybridized carbons (Fsp3) is 0. The molecule has 0 fully saturated rings. The number of para-hydroxylation sites is 1. The Kier molecular flexibility index (Phi) is 6.20. The first-order valence-corrected chi connectivity index (χ1v) is 14.8. The number of fused-ring (bicyclic) bond motifs is 5. The molecule has 0 N–H and O–H groups in total. The lowest BCUT2D eigenvalue weighted by Gasteiger charge is -2.28. The summed E-state index contributed by atoms with van der Waals surface area (Å²) < 4.78 is 0. The molecule has 8 rings (SSSR count). The minimum absolute atomic E-state index is 1.13. The minimum Gasteiger partial charge on any atom is -0.310 e. The molecule has 0 saturated heterocycles. The first-order chi connectivity index (χ1) is 21.3. The molecule has 43 heavy (non-hydrogen) atoms. The molecule has 8 aromatic rings. The van der Waals surface area contributed by atoms with Crippen molar-refractivity contribution >= 4 is 49.4 Å². The van der Waals surface area contributed by atoms with Crippen molar-refractivity contribution in [2.75, 3.05) is 4.90 Å². The SMILES string of the molecule is c1ccc(-c2ccc(-c3ccc(N(c4ccccc4)c4cc5ccc6ccccc6c5c5ccccc45)cc3)cc2)cc1. The first-order valence-electron chi connectivity index (χ1n) is 14.8. The summed E-state index contributed by atoms with van der Waals surface area (Å²) in [7, 11) is 0. The Labute approximate surface area is 251 Å². The van der Waals surface area contributed by atoms with Crippen LogP contribution in [-0.4, -0.2) is 0 Å². The van der Waals surface area contributed by atoms with Crippen molar-refractivity contribution in [3.63, 3.8) is 0 Å². The number of benzene rings is 8. The number of hydrogen-bond acceptors (Lipinski definition) is 1. The van der Waals surface area contributed by atoms with E-state index in [0.29, 0.717) is 0 Å². The monoisotopic (exact) mass is 547 g/mol.